The molecule has 0 N–H and O–H groups in total. The van der Waals surface area contributed by atoms with E-state index in [-0.39, 0.29) is 36.0 Å². The summed E-state index contributed by atoms with van der Waals surface area (Å²) in [5, 5.41) is 7.63. The van der Waals surface area contributed by atoms with E-state index >= 15 is 0 Å². The van der Waals surface area contributed by atoms with Crippen molar-refractivity contribution in [3.05, 3.63) is 6.42 Å². The molecule has 44 valence electrons. The third-order valence-corrected chi connectivity index (χ3v) is 0.422. The van der Waals surface area contributed by atoms with Crippen LogP contribution < -0.4 is 29.6 Å². The van der Waals surface area contributed by atoms with Gasteiger partial charge in [0.05, 0.1) is 5.78 Å². The summed E-state index contributed by atoms with van der Waals surface area (Å²) in [6.07, 6.45) is -2.76. The minimum absolute atomic E-state index is 0. The summed E-state index contributed by atoms with van der Waals surface area (Å²) in [5.74, 6) is -1.44. The van der Waals surface area contributed by atoms with Crippen molar-refractivity contribution in [2.45, 2.75) is 6.43 Å². The van der Waals surface area contributed by atoms with Gasteiger partial charge < -0.3 is 4.79 Å². The van der Waals surface area contributed by atoms with Gasteiger partial charge in [0.15, 0.2) is 0 Å². The molecule has 0 atom stereocenters. The molecule has 0 aliphatic carbocycles. The SMILES string of the molecule is N#C[CH-]C(=O)C(F)F.[Na+]. The van der Waals surface area contributed by atoms with Crippen molar-refractivity contribution in [2.24, 2.45) is 0 Å². The van der Waals surface area contributed by atoms with Crippen LogP contribution in [-0.4, -0.2) is 12.2 Å². The molecule has 0 saturated heterocycles. The second-order valence-electron chi connectivity index (χ2n) is 0.977. The van der Waals surface area contributed by atoms with Gasteiger partial charge in [-0.2, -0.15) is 0 Å². The summed E-state index contributed by atoms with van der Waals surface area (Å²) in [5.41, 5.74) is 0. The maximum absolute atomic E-state index is 11.1. The Hall–Kier alpha value is -0.110. The Morgan fingerprint density at radius 1 is 1.67 bits per heavy atom. The smallest absolute Gasteiger partial charge is 0.327 e. The van der Waals surface area contributed by atoms with Crippen molar-refractivity contribution >= 4 is 5.78 Å². The zero-order valence-corrected chi connectivity index (χ0v) is 6.77. The van der Waals surface area contributed by atoms with Crippen LogP contribution in [0, 0.1) is 17.8 Å². The predicted molar refractivity (Wildman–Crippen MR) is 20.9 cm³/mol. The van der Waals surface area contributed by atoms with Gasteiger partial charge in [0.1, 0.15) is 0 Å². The second kappa shape index (κ2) is 6.02. The molecule has 0 rings (SSSR count). The van der Waals surface area contributed by atoms with Gasteiger partial charge in [0.25, 0.3) is 6.43 Å². The Morgan fingerprint density at radius 2 is 2.11 bits per heavy atom. The summed E-state index contributed by atoms with van der Waals surface area (Å²) >= 11 is 0. The third kappa shape index (κ3) is 5.77. The maximum Gasteiger partial charge on any atom is 1.00 e. The van der Waals surface area contributed by atoms with E-state index in [1.54, 1.807) is 0 Å². The van der Waals surface area contributed by atoms with Crippen LogP contribution in [0.4, 0.5) is 8.78 Å². The average molecular weight is 141 g/mol. The maximum atomic E-state index is 11.1. The molecule has 0 spiro atoms. The Morgan fingerprint density at radius 3 is 2.22 bits per heavy atom. The number of halogens is 2. The summed E-state index contributed by atoms with van der Waals surface area (Å²) < 4.78 is 22.2. The van der Waals surface area contributed by atoms with Crippen LogP contribution in [-0.2, 0) is 4.79 Å². The van der Waals surface area contributed by atoms with Crippen molar-refractivity contribution in [1.82, 2.24) is 0 Å². The molecule has 9 heavy (non-hydrogen) atoms. The minimum Gasteiger partial charge on any atom is -0.327 e. The van der Waals surface area contributed by atoms with Gasteiger partial charge in [-0.25, -0.2) is 20.5 Å². The van der Waals surface area contributed by atoms with Gasteiger partial charge in [-0.3, -0.25) is 0 Å². The number of nitriles is 1. The molecule has 0 saturated carbocycles. The molecule has 5 heteroatoms. The van der Waals surface area contributed by atoms with Crippen LogP contribution in [0.1, 0.15) is 0 Å². The Bertz CT molecular complexity index is 131. The van der Waals surface area contributed by atoms with Crippen LogP contribution in [0.25, 0.3) is 0 Å². The molecule has 0 aromatic carbocycles. The first-order chi connectivity index (χ1) is 3.68. The van der Waals surface area contributed by atoms with E-state index in [2.05, 4.69) is 0 Å². The Balaban J connectivity index is 0. The first-order valence-electron chi connectivity index (χ1n) is 1.73. The van der Waals surface area contributed by atoms with E-state index in [0.29, 0.717) is 0 Å². The van der Waals surface area contributed by atoms with Crippen LogP contribution in [0.2, 0.25) is 0 Å². The first kappa shape index (κ1) is 11.7. The van der Waals surface area contributed by atoms with Crippen LogP contribution >= 0.6 is 0 Å². The molecule has 0 heterocycles. The van der Waals surface area contributed by atoms with E-state index < -0.39 is 12.2 Å². The summed E-state index contributed by atoms with van der Waals surface area (Å²) in [6, 6.07) is 1.19. The van der Waals surface area contributed by atoms with Gasteiger partial charge in [-0.05, 0) is 0 Å². The number of rotatable bonds is 2. The van der Waals surface area contributed by atoms with E-state index in [9.17, 15) is 13.6 Å². The summed E-state index contributed by atoms with van der Waals surface area (Å²) in [7, 11) is 0. The van der Waals surface area contributed by atoms with Crippen molar-refractivity contribution in [2.75, 3.05) is 0 Å². The van der Waals surface area contributed by atoms with Crippen molar-refractivity contribution < 1.29 is 43.1 Å². The van der Waals surface area contributed by atoms with Crippen LogP contribution in [0.3, 0.4) is 0 Å². The number of alkyl halides is 2. The molecule has 0 aliphatic rings. The molecule has 0 fully saturated rings. The second-order valence-corrected chi connectivity index (χ2v) is 0.977. The summed E-state index contributed by atoms with van der Waals surface area (Å²) in [6.45, 7) is 0. The number of nitrogens with zero attached hydrogens (tertiary/aromatic N) is 1. The molecule has 0 aliphatic heterocycles. The normalized spacial score (nSPS) is 7.33. The number of Topliss-reactive ketones (excluding diaryl/α,β-unsaturated/α-hetero) is 1. The first-order valence-corrected chi connectivity index (χ1v) is 1.73. The largest absolute Gasteiger partial charge is 1.00 e. The fourth-order valence-corrected chi connectivity index (χ4v) is 0.127. The molecule has 0 bridgehead atoms. The standard InChI is InChI=1S/C4H2F2NO.Na/c5-4(6)3(8)1-2-7;/h1,4H;/q-1;+1. The molecule has 0 aromatic heterocycles. The topological polar surface area (TPSA) is 40.9 Å². The van der Waals surface area contributed by atoms with Gasteiger partial charge >= 0.3 is 29.6 Å². The number of hydrogen-bond donors (Lipinski definition) is 0. The van der Waals surface area contributed by atoms with Crippen molar-refractivity contribution in [3.63, 3.8) is 0 Å². The molecular formula is C4H2F2NNaO. The number of hydrogen-bond acceptors (Lipinski definition) is 2. The van der Waals surface area contributed by atoms with Gasteiger partial charge in [0, 0.05) is 0 Å². The van der Waals surface area contributed by atoms with Crippen molar-refractivity contribution in [3.8, 4) is 6.07 Å². The predicted octanol–water partition coefficient (Wildman–Crippen LogP) is -2.45. The molecule has 2 nitrogen and oxygen atoms in total. The van der Waals surface area contributed by atoms with E-state index in [0.717, 1.165) is 0 Å². The van der Waals surface area contributed by atoms with E-state index in [1.165, 1.54) is 6.07 Å². The monoisotopic (exact) mass is 141 g/mol. The molecule has 0 aromatic rings. The van der Waals surface area contributed by atoms with Crippen LogP contribution in [0.15, 0.2) is 0 Å². The zero-order chi connectivity index (χ0) is 6.57. The van der Waals surface area contributed by atoms with E-state index in [4.69, 9.17) is 5.26 Å². The number of carbonyl (C=O) groups excluding carboxylic acids is 1. The molecule has 0 unspecified atom stereocenters. The van der Waals surface area contributed by atoms with Gasteiger partial charge in [-0.15, -0.1) is 0 Å². The quantitative estimate of drug-likeness (QED) is 0.316. The third-order valence-electron chi connectivity index (χ3n) is 0.422. The van der Waals surface area contributed by atoms with Gasteiger partial charge in [-0.1, -0.05) is 6.07 Å². The molecular weight excluding hydrogens is 139 g/mol. The Kier molecular flexibility index (Phi) is 7.79. The fourth-order valence-electron chi connectivity index (χ4n) is 0.127. The fraction of sp³-hybridized carbons (Fsp3) is 0.250. The number of carbonyl (C=O) groups is 1. The Labute approximate surface area is 73.1 Å². The average Bonchev–Trinajstić information content (AvgIpc) is 1.67. The zero-order valence-electron chi connectivity index (χ0n) is 4.77. The van der Waals surface area contributed by atoms with Gasteiger partial charge in [0.2, 0.25) is 0 Å². The number of ketones is 1. The van der Waals surface area contributed by atoms with Crippen LogP contribution in [0.5, 0.6) is 0 Å². The molecule has 0 radical (unpaired) electrons. The molecule has 0 amide bonds. The van der Waals surface area contributed by atoms with E-state index in [1.807, 2.05) is 0 Å². The summed E-state index contributed by atoms with van der Waals surface area (Å²) in [4.78, 5) is 9.71. The minimum atomic E-state index is -3.05. The van der Waals surface area contributed by atoms with Crippen molar-refractivity contribution in [1.29, 1.82) is 5.26 Å².